The minimum Gasteiger partial charge on any atom is -0.312 e. The third-order valence-corrected chi connectivity index (χ3v) is 4.79. The van der Waals surface area contributed by atoms with Crippen LogP contribution in [0.15, 0.2) is 18.2 Å². The molecule has 3 heteroatoms. The number of thioether (sulfide) groups is 1. The summed E-state index contributed by atoms with van der Waals surface area (Å²) in [6.45, 7) is 5.56. The number of benzene rings is 1. The average Bonchev–Trinajstić information content (AvgIpc) is 2.31. The Morgan fingerprint density at radius 3 is 2.50 bits per heavy atom. The van der Waals surface area contributed by atoms with Crippen molar-refractivity contribution in [1.29, 1.82) is 0 Å². The fourth-order valence-corrected chi connectivity index (χ4v) is 4.10. The van der Waals surface area contributed by atoms with Gasteiger partial charge in [-0.25, -0.2) is 0 Å². The molecule has 2 rings (SSSR count). The van der Waals surface area contributed by atoms with Crippen molar-refractivity contribution in [1.82, 2.24) is 10.2 Å². The highest BCUT2D eigenvalue weighted by atomic mass is 32.2. The van der Waals surface area contributed by atoms with Gasteiger partial charge in [0.25, 0.3) is 0 Å². The van der Waals surface area contributed by atoms with Gasteiger partial charge in [-0.05, 0) is 33.5 Å². The van der Waals surface area contributed by atoms with Crippen LogP contribution >= 0.6 is 11.8 Å². The Bertz CT molecular complexity index is 385. The summed E-state index contributed by atoms with van der Waals surface area (Å²) in [5.41, 5.74) is 4.14. The maximum Gasteiger partial charge on any atom is 0.0483 e. The molecule has 1 saturated heterocycles. The molecule has 1 N–H and O–H groups in total. The standard InChI is InChI=1S/C15H24N2S/c1-11-7-12(2)9-13(8-11)15(16-3)14-10-18-6-5-17(14)4/h7-9,14-16H,5-6,10H2,1-4H3. The third-order valence-electron chi connectivity index (χ3n) is 3.74. The van der Waals surface area contributed by atoms with Crippen LogP contribution in [0.4, 0.5) is 0 Å². The van der Waals surface area contributed by atoms with E-state index in [1.807, 2.05) is 0 Å². The minimum absolute atomic E-state index is 0.432. The minimum atomic E-state index is 0.432. The van der Waals surface area contributed by atoms with Crippen molar-refractivity contribution in [3.63, 3.8) is 0 Å². The molecule has 2 unspecified atom stereocenters. The lowest BCUT2D eigenvalue weighted by atomic mass is 9.96. The number of nitrogens with zero attached hydrogens (tertiary/aromatic N) is 1. The van der Waals surface area contributed by atoms with Gasteiger partial charge in [0, 0.05) is 30.1 Å². The van der Waals surface area contributed by atoms with Crippen LogP contribution in [0.3, 0.4) is 0 Å². The van der Waals surface area contributed by atoms with E-state index in [1.165, 1.54) is 34.7 Å². The summed E-state index contributed by atoms with van der Waals surface area (Å²) in [5.74, 6) is 2.48. The highest BCUT2D eigenvalue weighted by Crippen LogP contribution is 2.27. The zero-order valence-corrected chi connectivity index (χ0v) is 12.7. The van der Waals surface area contributed by atoms with E-state index in [9.17, 15) is 0 Å². The second-order valence-corrected chi connectivity index (χ2v) is 6.46. The molecular formula is C15H24N2S. The third kappa shape index (κ3) is 3.08. The van der Waals surface area contributed by atoms with Crippen LogP contribution in [0.25, 0.3) is 0 Å². The Morgan fingerprint density at radius 1 is 1.28 bits per heavy atom. The molecule has 0 aliphatic carbocycles. The highest BCUT2D eigenvalue weighted by Gasteiger charge is 2.28. The Hall–Kier alpha value is -0.510. The summed E-state index contributed by atoms with van der Waals surface area (Å²) in [5, 5.41) is 3.52. The van der Waals surface area contributed by atoms with E-state index < -0.39 is 0 Å². The van der Waals surface area contributed by atoms with Crippen molar-refractivity contribution in [3.05, 3.63) is 34.9 Å². The quantitative estimate of drug-likeness (QED) is 0.903. The largest absolute Gasteiger partial charge is 0.312 e. The first-order valence-electron chi connectivity index (χ1n) is 6.65. The summed E-state index contributed by atoms with van der Waals surface area (Å²) >= 11 is 2.07. The van der Waals surface area contributed by atoms with Crippen molar-refractivity contribution in [2.75, 3.05) is 32.1 Å². The van der Waals surface area contributed by atoms with Crippen LogP contribution in [0, 0.1) is 13.8 Å². The van der Waals surface area contributed by atoms with Crippen molar-refractivity contribution in [2.45, 2.75) is 25.9 Å². The van der Waals surface area contributed by atoms with Gasteiger partial charge in [0.1, 0.15) is 0 Å². The van der Waals surface area contributed by atoms with Gasteiger partial charge in [0.05, 0.1) is 0 Å². The van der Waals surface area contributed by atoms with Gasteiger partial charge in [0.15, 0.2) is 0 Å². The molecule has 0 saturated carbocycles. The zero-order valence-electron chi connectivity index (χ0n) is 11.9. The topological polar surface area (TPSA) is 15.3 Å². The van der Waals surface area contributed by atoms with Crippen LogP contribution in [-0.4, -0.2) is 43.1 Å². The smallest absolute Gasteiger partial charge is 0.0483 e. The molecule has 2 atom stereocenters. The van der Waals surface area contributed by atoms with E-state index >= 15 is 0 Å². The van der Waals surface area contributed by atoms with Crippen LogP contribution in [-0.2, 0) is 0 Å². The predicted molar refractivity (Wildman–Crippen MR) is 81.5 cm³/mol. The molecule has 1 aliphatic heterocycles. The second kappa shape index (κ2) is 6.09. The Morgan fingerprint density at radius 2 is 1.94 bits per heavy atom. The summed E-state index contributed by atoms with van der Waals surface area (Å²) in [6.07, 6.45) is 0. The highest BCUT2D eigenvalue weighted by molar-refractivity contribution is 7.99. The Balaban J connectivity index is 2.26. The number of hydrogen-bond acceptors (Lipinski definition) is 3. The molecule has 0 aromatic heterocycles. The first-order valence-corrected chi connectivity index (χ1v) is 7.80. The van der Waals surface area contributed by atoms with Gasteiger partial charge in [-0.2, -0.15) is 11.8 Å². The van der Waals surface area contributed by atoms with Crippen molar-refractivity contribution >= 4 is 11.8 Å². The molecule has 1 fully saturated rings. The zero-order chi connectivity index (χ0) is 13.1. The number of likely N-dealkylation sites (N-methyl/N-ethyl adjacent to an activating group) is 2. The molecule has 0 amide bonds. The fourth-order valence-electron chi connectivity index (χ4n) is 2.83. The number of nitrogens with one attached hydrogen (secondary N) is 1. The van der Waals surface area contributed by atoms with E-state index in [4.69, 9.17) is 0 Å². The summed E-state index contributed by atoms with van der Waals surface area (Å²) < 4.78 is 0. The summed E-state index contributed by atoms with van der Waals surface area (Å²) in [4.78, 5) is 2.50. The molecule has 0 bridgehead atoms. The summed E-state index contributed by atoms with van der Waals surface area (Å²) in [7, 11) is 4.33. The van der Waals surface area contributed by atoms with Gasteiger partial charge in [-0.3, -0.25) is 4.90 Å². The maximum atomic E-state index is 3.52. The number of hydrogen-bond donors (Lipinski definition) is 1. The van der Waals surface area contributed by atoms with Gasteiger partial charge in [0.2, 0.25) is 0 Å². The van der Waals surface area contributed by atoms with Crippen molar-refractivity contribution in [2.24, 2.45) is 0 Å². The van der Waals surface area contributed by atoms with Crippen LogP contribution in [0.2, 0.25) is 0 Å². The average molecular weight is 264 g/mol. The second-order valence-electron chi connectivity index (χ2n) is 5.31. The molecule has 1 aliphatic rings. The lowest BCUT2D eigenvalue weighted by Gasteiger charge is -2.38. The summed E-state index contributed by atoms with van der Waals surface area (Å²) in [6, 6.07) is 7.91. The molecule has 1 aromatic carbocycles. The molecule has 0 spiro atoms. The molecule has 1 aromatic rings. The lowest BCUT2D eigenvalue weighted by Crippen LogP contribution is -2.47. The predicted octanol–water partition coefficient (Wildman–Crippen LogP) is 2.61. The van der Waals surface area contributed by atoms with E-state index in [2.05, 4.69) is 68.1 Å². The Kier molecular flexibility index (Phi) is 4.71. The first-order chi connectivity index (χ1) is 8.61. The monoisotopic (exact) mass is 264 g/mol. The van der Waals surface area contributed by atoms with E-state index in [0.29, 0.717) is 12.1 Å². The number of aryl methyl sites for hydroxylation is 2. The number of rotatable bonds is 3. The van der Waals surface area contributed by atoms with Gasteiger partial charge < -0.3 is 5.32 Å². The van der Waals surface area contributed by atoms with E-state index in [0.717, 1.165) is 0 Å². The first kappa shape index (κ1) is 13.9. The fraction of sp³-hybridized carbons (Fsp3) is 0.600. The molecule has 100 valence electrons. The SMILES string of the molecule is CNC(c1cc(C)cc(C)c1)C1CSCCN1C. The van der Waals surface area contributed by atoms with Gasteiger partial charge in [-0.15, -0.1) is 0 Å². The van der Waals surface area contributed by atoms with Crippen molar-refractivity contribution in [3.8, 4) is 0 Å². The molecule has 1 heterocycles. The van der Waals surface area contributed by atoms with Crippen LogP contribution in [0.5, 0.6) is 0 Å². The van der Waals surface area contributed by atoms with Crippen molar-refractivity contribution < 1.29 is 0 Å². The Labute approximate surface area is 115 Å². The normalized spacial score (nSPS) is 23.0. The maximum absolute atomic E-state index is 3.52. The van der Waals surface area contributed by atoms with Crippen LogP contribution in [0.1, 0.15) is 22.7 Å². The molecule has 18 heavy (non-hydrogen) atoms. The molecule has 0 radical (unpaired) electrons. The van der Waals surface area contributed by atoms with Gasteiger partial charge >= 0.3 is 0 Å². The van der Waals surface area contributed by atoms with Gasteiger partial charge in [-0.1, -0.05) is 29.3 Å². The lowest BCUT2D eigenvalue weighted by molar-refractivity contribution is 0.221. The van der Waals surface area contributed by atoms with Crippen LogP contribution < -0.4 is 5.32 Å². The van der Waals surface area contributed by atoms with E-state index in [1.54, 1.807) is 0 Å². The molecular weight excluding hydrogens is 240 g/mol. The van der Waals surface area contributed by atoms with E-state index in [-0.39, 0.29) is 0 Å². The molecule has 2 nitrogen and oxygen atoms in total.